The zero-order chi connectivity index (χ0) is 16.0. The molecule has 0 aliphatic heterocycles. The molecule has 21 heavy (non-hydrogen) atoms. The standard InChI is InChI=1S/C16H28N2O2S/c1-6-14-9-10-16(11-15(14)12-17-13(4)5)21(19,20)18(7-2)8-3/h9-11,13,17H,6-8,12H2,1-5H3. The Kier molecular flexibility index (Phi) is 6.84. The van der Waals surface area contributed by atoms with Crippen LogP contribution >= 0.6 is 0 Å². The molecule has 0 amide bonds. The van der Waals surface area contributed by atoms with Gasteiger partial charge in [-0.05, 0) is 29.7 Å². The minimum absolute atomic E-state index is 0.373. The largest absolute Gasteiger partial charge is 0.310 e. The third-order valence-electron chi connectivity index (χ3n) is 3.60. The molecule has 0 fully saturated rings. The van der Waals surface area contributed by atoms with E-state index in [-0.39, 0.29) is 0 Å². The third-order valence-corrected chi connectivity index (χ3v) is 5.65. The minimum Gasteiger partial charge on any atom is -0.310 e. The van der Waals surface area contributed by atoms with E-state index in [1.54, 1.807) is 6.07 Å². The molecule has 0 saturated heterocycles. The number of nitrogens with zero attached hydrogens (tertiary/aromatic N) is 1. The number of rotatable bonds is 8. The zero-order valence-corrected chi connectivity index (χ0v) is 14.6. The molecule has 0 heterocycles. The summed E-state index contributed by atoms with van der Waals surface area (Å²) in [6.45, 7) is 11.7. The molecule has 0 aliphatic carbocycles. The molecule has 0 aromatic heterocycles. The van der Waals surface area contributed by atoms with Gasteiger partial charge < -0.3 is 5.32 Å². The molecule has 0 spiro atoms. The topological polar surface area (TPSA) is 49.4 Å². The van der Waals surface area contributed by atoms with Gasteiger partial charge in [-0.3, -0.25) is 0 Å². The Morgan fingerprint density at radius 3 is 2.19 bits per heavy atom. The van der Waals surface area contributed by atoms with Crippen molar-refractivity contribution >= 4 is 10.0 Å². The van der Waals surface area contributed by atoms with Crippen molar-refractivity contribution in [3.63, 3.8) is 0 Å². The summed E-state index contributed by atoms with van der Waals surface area (Å²) in [5.74, 6) is 0. The SMILES string of the molecule is CCc1ccc(S(=O)(=O)N(CC)CC)cc1CNC(C)C. The highest BCUT2D eigenvalue weighted by Gasteiger charge is 2.22. The minimum atomic E-state index is -3.38. The lowest BCUT2D eigenvalue weighted by atomic mass is 10.1. The van der Waals surface area contributed by atoms with Crippen LogP contribution < -0.4 is 5.32 Å². The van der Waals surface area contributed by atoms with Crippen molar-refractivity contribution < 1.29 is 8.42 Å². The van der Waals surface area contributed by atoms with Gasteiger partial charge in [-0.1, -0.05) is 40.7 Å². The Hall–Kier alpha value is -0.910. The maximum absolute atomic E-state index is 12.6. The number of aryl methyl sites for hydroxylation is 1. The van der Waals surface area contributed by atoms with Gasteiger partial charge in [-0.2, -0.15) is 4.31 Å². The molecule has 0 radical (unpaired) electrons. The number of hydrogen-bond acceptors (Lipinski definition) is 3. The molecule has 4 nitrogen and oxygen atoms in total. The van der Waals surface area contributed by atoms with Gasteiger partial charge in [0.2, 0.25) is 10.0 Å². The highest BCUT2D eigenvalue weighted by atomic mass is 32.2. The second-order valence-corrected chi connectivity index (χ2v) is 7.35. The molecule has 1 rings (SSSR count). The van der Waals surface area contributed by atoms with E-state index in [0.29, 0.717) is 30.6 Å². The lowest BCUT2D eigenvalue weighted by Gasteiger charge is -2.20. The smallest absolute Gasteiger partial charge is 0.243 e. The molecule has 1 N–H and O–H groups in total. The summed E-state index contributed by atoms with van der Waals surface area (Å²) in [6.07, 6.45) is 0.903. The lowest BCUT2D eigenvalue weighted by Crippen LogP contribution is -2.31. The van der Waals surface area contributed by atoms with Crippen LogP contribution in [0.15, 0.2) is 23.1 Å². The van der Waals surface area contributed by atoms with Gasteiger partial charge in [0.15, 0.2) is 0 Å². The molecule has 0 unspecified atom stereocenters. The number of nitrogens with one attached hydrogen (secondary N) is 1. The van der Waals surface area contributed by atoms with Crippen LogP contribution in [-0.4, -0.2) is 31.9 Å². The van der Waals surface area contributed by atoms with Crippen LogP contribution in [0.5, 0.6) is 0 Å². The van der Waals surface area contributed by atoms with Crippen LogP contribution in [0.25, 0.3) is 0 Å². The van der Waals surface area contributed by atoms with Crippen molar-refractivity contribution in [3.05, 3.63) is 29.3 Å². The van der Waals surface area contributed by atoms with E-state index in [9.17, 15) is 8.42 Å². The molecule has 0 bridgehead atoms. The molecular formula is C16H28N2O2S. The number of sulfonamides is 1. The molecule has 0 aliphatic rings. The lowest BCUT2D eigenvalue weighted by molar-refractivity contribution is 0.445. The van der Waals surface area contributed by atoms with Crippen LogP contribution in [0.2, 0.25) is 0 Å². The van der Waals surface area contributed by atoms with Crippen LogP contribution in [0.3, 0.4) is 0 Å². The van der Waals surface area contributed by atoms with Crippen molar-refractivity contribution in [3.8, 4) is 0 Å². The summed E-state index contributed by atoms with van der Waals surface area (Å²) in [7, 11) is -3.38. The van der Waals surface area contributed by atoms with Gasteiger partial charge in [-0.25, -0.2) is 8.42 Å². The maximum Gasteiger partial charge on any atom is 0.243 e. The van der Waals surface area contributed by atoms with Crippen LogP contribution in [-0.2, 0) is 23.0 Å². The van der Waals surface area contributed by atoms with E-state index in [0.717, 1.165) is 12.0 Å². The summed E-state index contributed by atoms with van der Waals surface area (Å²) < 4.78 is 26.7. The van der Waals surface area contributed by atoms with Crippen LogP contribution in [0.4, 0.5) is 0 Å². The molecule has 0 saturated carbocycles. The van der Waals surface area contributed by atoms with Gasteiger partial charge >= 0.3 is 0 Å². The van der Waals surface area contributed by atoms with Gasteiger partial charge in [0.1, 0.15) is 0 Å². The fourth-order valence-electron chi connectivity index (χ4n) is 2.30. The quantitative estimate of drug-likeness (QED) is 0.803. The predicted molar refractivity (Wildman–Crippen MR) is 87.9 cm³/mol. The third kappa shape index (κ3) is 4.53. The second kappa shape index (κ2) is 7.92. The Labute approximate surface area is 129 Å². The Balaban J connectivity index is 3.18. The highest BCUT2D eigenvalue weighted by Crippen LogP contribution is 2.20. The van der Waals surface area contributed by atoms with E-state index in [4.69, 9.17) is 0 Å². The van der Waals surface area contributed by atoms with Gasteiger partial charge in [0, 0.05) is 25.7 Å². The first-order chi connectivity index (χ1) is 9.86. The van der Waals surface area contributed by atoms with Gasteiger partial charge in [-0.15, -0.1) is 0 Å². The van der Waals surface area contributed by atoms with E-state index in [1.165, 1.54) is 9.87 Å². The predicted octanol–water partition coefficient (Wildman–Crippen LogP) is 2.78. The van der Waals surface area contributed by atoms with Gasteiger partial charge in [0.25, 0.3) is 0 Å². The van der Waals surface area contributed by atoms with Crippen molar-refractivity contribution in [1.82, 2.24) is 9.62 Å². The monoisotopic (exact) mass is 312 g/mol. The Morgan fingerprint density at radius 2 is 1.71 bits per heavy atom. The van der Waals surface area contributed by atoms with Crippen LogP contribution in [0.1, 0.15) is 45.7 Å². The first-order valence-electron chi connectivity index (χ1n) is 7.72. The summed E-state index contributed by atoms with van der Waals surface area (Å²) in [5.41, 5.74) is 2.26. The molecule has 1 aromatic rings. The number of benzene rings is 1. The Bertz CT molecular complexity index is 549. The summed E-state index contributed by atoms with van der Waals surface area (Å²) >= 11 is 0. The first-order valence-corrected chi connectivity index (χ1v) is 9.16. The zero-order valence-electron chi connectivity index (χ0n) is 13.8. The van der Waals surface area contributed by atoms with E-state index < -0.39 is 10.0 Å². The molecule has 120 valence electrons. The normalized spacial score (nSPS) is 12.3. The van der Waals surface area contributed by atoms with Crippen molar-refractivity contribution in [2.75, 3.05) is 13.1 Å². The summed E-state index contributed by atoms with van der Waals surface area (Å²) in [4.78, 5) is 0.393. The summed E-state index contributed by atoms with van der Waals surface area (Å²) in [5, 5.41) is 3.36. The van der Waals surface area contributed by atoms with Crippen molar-refractivity contribution in [2.45, 2.75) is 58.5 Å². The van der Waals surface area contributed by atoms with Gasteiger partial charge in [0.05, 0.1) is 4.90 Å². The number of hydrogen-bond donors (Lipinski definition) is 1. The first kappa shape index (κ1) is 18.1. The van der Waals surface area contributed by atoms with Crippen LogP contribution in [0, 0.1) is 0 Å². The fourth-order valence-corrected chi connectivity index (χ4v) is 3.81. The van der Waals surface area contributed by atoms with E-state index in [1.807, 2.05) is 26.0 Å². The average molecular weight is 312 g/mol. The molecular weight excluding hydrogens is 284 g/mol. The molecule has 1 aromatic carbocycles. The molecule has 0 atom stereocenters. The Morgan fingerprint density at radius 1 is 1.10 bits per heavy atom. The van der Waals surface area contributed by atoms with Crippen molar-refractivity contribution in [1.29, 1.82) is 0 Å². The average Bonchev–Trinajstić information content (AvgIpc) is 2.45. The maximum atomic E-state index is 12.6. The summed E-state index contributed by atoms with van der Waals surface area (Å²) in [6, 6.07) is 5.86. The second-order valence-electron chi connectivity index (χ2n) is 5.41. The van der Waals surface area contributed by atoms with E-state index >= 15 is 0 Å². The van der Waals surface area contributed by atoms with Crippen molar-refractivity contribution in [2.24, 2.45) is 0 Å². The molecule has 5 heteroatoms. The van der Waals surface area contributed by atoms with E-state index in [2.05, 4.69) is 26.1 Å². The fraction of sp³-hybridized carbons (Fsp3) is 0.625. The highest BCUT2D eigenvalue weighted by molar-refractivity contribution is 7.89.